The summed E-state index contributed by atoms with van der Waals surface area (Å²) in [6.07, 6.45) is -4.18. The molecule has 9 nitrogen and oxygen atoms in total. The zero-order valence-corrected chi connectivity index (χ0v) is 19.8. The van der Waals surface area contributed by atoms with Crippen molar-refractivity contribution in [3.8, 4) is 5.69 Å². The van der Waals surface area contributed by atoms with E-state index < -0.39 is 52.4 Å². The van der Waals surface area contributed by atoms with Crippen molar-refractivity contribution in [2.75, 3.05) is 6.61 Å². The van der Waals surface area contributed by atoms with Gasteiger partial charge in [-0.15, -0.1) is 0 Å². The van der Waals surface area contributed by atoms with E-state index in [-0.39, 0.29) is 18.0 Å². The lowest BCUT2D eigenvalue weighted by Gasteiger charge is -2.16. The van der Waals surface area contributed by atoms with Crippen LogP contribution in [0.2, 0.25) is 0 Å². The predicted molar refractivity (Wildman–Crippen MR) is 124 cm³/mol. The molecule has 13 heteroatoms. The van der Waals surface area contributed by atoms with Crippen LogP contribution < -0.4 is 16.9 Å². The number of aromatic nitrogens is 4. The lowest BCUT2D eigenvalue weighted by molar-refractivity contribution is -0.140. The van der Waals surface area contributed by atoms with E-state index in [0.717, 1.165) is 22.9 Å². The predicted octanol–water partition coefficient (Wildman–Crippen LogP) is 2.57. The molecular weight excluding hydrogens is 500 g/mol. The summed E-state index contributed by atoms with van der Waals surface area (Å²) in [5, 5.41) is 0. The number of carbonyl (C=O) groups excluding carboxylic acids is 1. The molecule has 0 unspecified atom stereocenters. The number of aryl methyl sites for hydroxylation is 2. The van der Waals surface area contributed by atoms with Crippen LogP contribution in [0.15, 0.2) is 57.0 Å². The molecular formula is C24H20F4N4O5. The van der Waals surface area contributed by atoms with Crippen molar-refractivity contribution in [3.63, 3.8) is 0 Å². The zero-order valence-electron chi connectivity index (χ0n) is 19.8. The molecule has 0 saturated heterocycles. The highest BCUT2D eigenvalue weighted by Crippen LogP contribution is 2.34. The number of rotatable bonds is 5. The van der Waals surface area contributed by atoms with Gasteiger partial charge in [0, 0.05) is 20.3 Å². The summed E-state index contributed by atoms with van der Waals surface area (Å²) in [6, 6.07) is 6.99. The van der Waals surface area contributed by atoms with Crippen molar-refractivity contribution >= 4 is 17.0 Å². The molecule has 0 spiro atoms. The molecule has 0 bridgehead atoms. The van der Waals surface area contributed by atoms with Crippen LogP contribution in [0.1, 0.15) is 28.4 Å². The fraction of sp³-hybridized carbons (Fsp3) is 0.250. The third-order valence-electron chi connectivity index (χ3n) is 5.91. The van der Waals surface area contributed by atoms with Gasteiger partial charge in [-0.25, -0.2) is 18.8 Å². The molecule has 37 heavy (non-hydrogen) atoms. The maximum Gasteiger partial charge on any atom is 0.419 e. The number of hydrogen-bond acceptors (Lipinski definition) is 5. The Labute approximate surface area is 205 Å². The molecule has 2 aromatic heterocycles. The van der Waals surface area contributed by atoms with Gasteiger partial charge >= 0.3 is 23.5 Å². The highest BCUT2D eigenvalue weighted by atomic mass is 19.4. The summed E-state index contributed by atoms with van der Waals surface area (Å²) in [4.78, 5) is 51.3. The van der Waals surface area contributed by atoms with E-state index >= 15 is 0 Å². The topological polar surface area (TPSA) is 97.2 Å². The number of esters is 1. The quantitative estimate of drug-likeness (QED) is 0.298. The van der Waals surface area contributed by atoms with Gasteiger partial charge in [-0.2, -0.15) is 13.2 Å². The standard InChI is InChI=1S/C24H20F4N4O5/c1-4-37-21(34)15-12-31(14-8-9-17-18(10-14)30(3)22(35)29(17)2)23(36)32(20(15)33)11-13-6-5-7-16(25)19(13)24(26,27)28/h5-10,12H,4,11H2,1-3H3. The van der Waals surface area contributed by atoms with Gasteiger partial charge in [0.25, 0.3) is 5.56 Å². The Morgan fingerprint density at radius 2 is 1.65 bits per heavy atom. The van der Waals surface area contributed by atoms with Gasteiger partial charge in [0.1, 0.15) is 11.4 Å². The molecule has 0 aliphatic heterocycles. The van der Waals surface area contributed by atoms with E-state index in [1.54, 1.807) is 7.05 Å². The Kier molecular flexibility index (Phi) is 6.40. The Morgan fingerprint density at radius 3 is 2.30 bits per heavy atom. The molecule has 0 aliphatic carbocycles. The van der Waals surface area contributed by atoms with Crippen LogP contribution in [-0.2, 0) is 31.6 Å². The Morgan fingerprint density at radius 1 is 0.973 bits per heavy atom. The molecule has 2 aromatic carbocycles. The first-order valence-electron chi connectivity index (χ1n) is 10.9. The number of fused-ring (bicyclic) bond motifs is 1. The number of carbonyl (C=O) groups is 1. The van der Waals surface area contributed by atoms with Gasteiger partial charge in [0.05, 0.1) is 35.4 Å². The van der Waals surface area contributed by atoms with Crippen molar-refractivity contribution in [3.05, 3.63) is 96.4 Å². The maximum absolute atomic E-state index is 14.1. The SMILES string of the molecule is CCOC(=O)c1cn(-c2ccc3c(c2)n(C)c(=O)n3C)c(=O)n(Cc2cccc(F)c2C(F)(F)F)c1=O. The summed E-state index contributed by atoms with van der Waals surface area (Å²) in [5.41, 5.74) is -4.50. The Bertz CT molecular complexity index is 1730. The van der Waals surface area contributed by atoms with Gasteiger partial charge in [0.15, 0.2) is 0 Å². The van der Waals surface area contributed by atoms with Crippen molar-refractivity contribution < 1.29 is 27.1 Å². The van der Waals surface area contributed by atoms with Gasteiger partial charge in [0.2, 0.25) is 0 Å². The molecule has 0 atom stereocenters. The summed E-state index contributed by atoms with van der Waals surface area (Å²) < 4.78 is 63.7. The van der Waals surface area contributed by atoms with Crippen molar-refractivity contribution in [1.29, 1.82) is 0 Å². The molecule has 0 N–H and O–H groups in total. The summed E-state index contributed by atoms with van der Waals surface area (Å²) >= 11 is 0. The average molecular weight is 520 g/mol. The number of alkyl halides is 3. The molecule has 0 fully saturated rings. The number of halogens is 4. The second-order valence-electron chi connectivity index (χ2n) is 8.15. The highest BCUT2D eigenvalue weighted by Gasteiger charge is 2.37. The molecule has 0 saturated carbocycles. The maximum atomic E-state index is 14.1. The first-order chi connectivity index (χ1) is 17.4. The van der Waals surface area contributed by atoms with E-state index in [0.29, 0.717) is 21.7 Å². The highest BCUT2D eigenvalue weighted by molar-refractivity contribution is 5.88. The minimum atomic E-state index is -5.11. The first kappa shape index (κ1) is 25.7. The van der Waals surface area contributed by atoms with Crippen LogP contribution in [-0.4, -0.2) is 30.8 Å². The van der Waals surface area contributed by atoms with E-state index in [1.165, 1.54) is 41.3 Å². The van der Waals surface area contributed by atoms with Crippen molar-refractivity contribution in [1.82, 2.24) is 18.3 Å². The second kappa shape index (κ2) is 9.22. The first-order valence-corrected chi connectivity index (χ1v) is 10.9. The molecule has 0 aliphatic rings. The molecule has 0 amide bonds. The number of imidazole rings is 1. The van der Waals surface area contributed by atoms with Gasteiger partial charge in [-0.1, -0.05) is 12.1 Å². The number of benzene rings is 2. The molecule has 2 heterocycles. The summed E-state index contributed by atoms with van der Waals surface area (Å²) in [5.74, 6) is -2.67. The van der Waals surface area contributed by atoms with E-state index in [9.17, 15) is 36.7 Å². The van der Waals surface area contributed by atoms with E-state index in [4.69, 9.17) is 4.74 Å². The lowest BCUT2D eigenvalue weighted by atomic mass is 10.1. The van der Waals surface area contributed by atoms with E-state index in [1.807, 2.05) is 0 Å². The molecule has 194 valence electrons. The number of hydrogen-bond donors (Lipinski definition) is 0. The zero-order chi connectivity index (χ0) is 27.2. The third kappa shape index (κ3) is 4.36. The third-order valence-corrected chi connectivity index (χ3v) is 5.91. The minimum Gasteiger partial charge on any atom is -0.462 e. The van der Waals surface area contributed by atoms with Crippen LogP contribution in [0.5, 0.6) is 0 Å². The van der Waals surface area contributed by atoms with Crippen LogP contribution in [0.3, 0.4) is 0 Å². The second-order valence-corrected chi connectivity index (χ2v) is 8.15. The number of nitrogens with zero attached hydrogens (tertiary/aromatic N) is 4. The minimum absolute atomic E-state index is 0.113. The molecule has 4 rings (SSSR count). The lowest BCUT2D eigenvalue weighted by Crippen LogP contribution is -2.42. The van der Waals surface area contributed by atoms with Gasteiger partial charge < -0.3 is 4.74 Å². The van der Waals surface area contributed by atoms with Crippen LogP contribution in [0.4, 0.5) is 17.6 Å². The van der Waals surface area contributed by atoms with E-state index in [2.05, 4.69) is 0 Å². The summed E-state index contributed by atoms with van der Waals surface area (Å²) in [6.45, 7) is 0.403. The van der Waals surface area contributed by atoms with Gasteiger partial charge in [-0.3, -0.25) is 23.1 Å². The number of ether oxygens (including phenoxy) is 1. The molecule has 4 aromatic rings. The fourth-order valence-corrected chi connectivity index (χ4v) is 4.11. The van der Waals surface area contributed by atoms with Gasteiger partial charge in [-0.05, 0) is 36.8 Å². The van der Waals surface area contributed by atoms with Crippen molar-refractivity contribution in [2.45, 2.75) is 19.6 Å². The Balaban J connectivity index is 2.00. The monoisotopic (exact) mass is 520 g/mol. The summed E-state index contributed by atoms with van der Waals surface area (Å²) in [7, 11) is 3.05. The van der Waals surface area contributed by atoms with Crippen LogP contribution in [0, 0.1) is 5.82 Å². The smallest absolute Gasteiger partial charge is 0.419 e. The molecule has 0 radical (unpaired) electrons. The largest absolute Gasteiger partial charge is 0.462 e. The van der Waals surface area contributed by atoms with Crippen LogP contribution in [0.25, 0.3) is 16.7 Å². The van der Waals surface area contributed by atoms with Crippen molar-refractivity contribution in [2.24, 2.45) is 14.1 Å². The Hall–Kier alpha value is -4.42. The fourth-order valence-electron chi connectivity index (χ4n) is 4.11. The normalized spacial score (nSPS) is 11.8. The van der Waals surface area contributed by atoms with Crippen LogP contribution >= 0.6 is 0 Å². The average Bonchev–Trinajstić information content (AvgIpc) is 3.04.